The van der Waals surface area contributed by atoms with Gasteiger partial charge in [0.15, 0.2) is 0 Å². The molecule has 0 unspecified atom stereocenters. The van der Waals surface area contributed by atoms with E-state index in [9.17, 15) is 4.79 Å². The fraction of sp³-hybridized carbons (Fsp3) is 0.650. The summed E-state index contributed by atoms with van der Waals surface area (Å²) >= 11 is 0. The molecule has 1 aromatic rings. The Kier molecular flexibility index (Phi) is 12.2. The number of unbranched alkanes of at least 4 members (excludes halogenated alkanes) is 10. The monoisotopic (exact) mass is 320 g/mol. The zero-order valence-corrected chi connectivity index (χ0v) is 14.6. The minimum absolute atomic E-state index is 0.423. The molecule has 0 spiro atoms. The maximum absolute atomic E-state index is 11.6. The Hall–Kier alpha value is -1.35. The Balaban J connectivity index is 1.82. The number of carbonyl (C=O) groups is 1. The van der Waals surface area contributed by atoms with Gasteiger partial charge in [0.2, 0.25) is 0 Å². The van der Waals surface area contributed by atoms with E-state index in [4.69, 9.17) is 9.78 Å². The third kappa shape index (κ3) is 10.9. The zero-order chi connectivity index (χ0) is 16.6. The van der Waals surface area contributed by atoms with Crippen molar-refractivity contribution in [2.75, 3.05) is 6.61 Å². The number of hydrogen-bond donors (Lipinski definition) is 0. The first-order valence-electron chi connectivity index (χ1n) is 9.23. The summed E-state index contributed by atoms with van der Waals surface area (Å²) in [7, 11) is 0. The molecule has 0 saturated heterocycles. The second kappa shape index (κ2) is 14.3. The smallest absolute Gasteiger partial charge is 0.293 e. The van der Waals surface area contributed by atoms with Crippen LogP contribution in [0, 0.1) is 0 Å². The molecule has 3 nitrogen and oxygen atoms in total. The second-order valence-corrected chi connectivity index (χ2v) is 6.09. The third-order valence-electron chi connectivity index (χ3n) is 3.98. The van der Waals surface area contributed by atoms with Gasteiger partial charge in [0, 0.05) is 0 Å². The molecule has 0 N–H and O–H groups in total. The van der Waals surface area contributed by atoms with Crippen LogP contribution in [0.3, 0.4) is 0 Å². The lowest BCUT2D eigenvalue weighted by Gasteiger charge is -2.04. The van der Waals surface area contributed by atoms with Crippen molar-refractivity contribution in [3.05, 3.63) is 35.9 Å². The molecule has 0 radical (unpaired) electrons. The lowest BCUT2D eigenvalue weighted by atomic mass is 10.1. The minimum atomic E-state index is -0.423. The van der Waals surface area contributed by atoms with Gasteiger partial charge in [-0.25, -0.2) is 4.79 Å². The van der Waals surface area contributed by atoms with Crippen LogP contribution in [0.15, 0.2) is 30.3 Å². The molecule has 0 heterocycles. The first-order valence-corrected chi connectivity index (χ1v) is 9.23. The van der Waals surface area contributed by atoms with E-state index in [0.29, 0.717) is 12.2 Å². The van der Waals surface area contributed by atoms with Crippen LogP contribution >= 0.6 is 0 Å². The Morgan fingerprint density at radius 2 is 1.30 bits per heavy atom. The molecule has 1 aromatic carbocycles. The van der Waals surface area contributed by atoms with E-state index in [0.717, 1.165) is 12.8 Å². The van der Waals surface area contributed by atoms with Crippen LogP contribution in [0.2, 0.25) is 0 Å². The van der Waals surface area contributed by atoms with Crippen LogP contribution in [0.4, 0.5) is 0 Å². The minimum Gasteiger partial charge on any atom is -0.293 e. The van der Waals surface area contributed by atoms with E-state index < -0.39 is 5.97 Å². The molecule has 0 aliphatic heterocycles. The SMILES string of the molecule is CCCCCCCCCCCCCOOC(=O)c1ccccc1. The van der Waals surface area contributed by atoms with Gasteiger partial charge in [-0.05, 0) is 18.6 Å². The van der Waals surface area contributed by atoms with Crippen LogP contribution in [-0.4, -0.2) is 12.6 Å². The first-order chi connectivity index (χ1) is 11.3. The van der Waals surface area contributed by atoms with Gasteiger partial charge in [0.1, 0.15) is 0 Å². The lowest BCUT2D eigenvalue weighted by molar-refractivity contribution is -0.241. The van der Waals surface area contributed by atoms with E-state index in [2.05, 4.69) is 6.92 Å². The molecule has 3 heteroatoms. The van der Waals surface area contributed by atoms with E-state index in [1.165, 1.54) is 57.8 Å². The highest BCUT2D eigenvalue weighted by Gasteiger charge is 2.06. The van der Waals surface area contributed by atoms with Crippen molar-refractivity contribution in [3.63, 3.8) is 0 Å². The molecule has 0 bridgehead atoms. The van der Waals surface area contributed by atoms with Gasteiger partial charge >= 0.3 is 5.97 Å². The summed E-state index contributed by atoms with van der Waals surface area (Å²) in [6.07, 6.45) is 14.2. The fourth-order valence-corrected chi connectivity index (χ4v) is 2.54. The fourth-order valence-electron chi connectivity index (χ4n) is 2.54. The highest BCUT2D eigenvalue weighted by Crippen LogP contribution is 2.11. The van der Waals surface area contributed by atoms with Gasteiger partial charge in [0.05, 0.1) is 12.2 Å². The number of hydrogen-bond acceptors (Lipinski definition) is 3. The summed E-state index contributed by atoms with van der Waals surface area (Å²) in [6.45, 7) is 2.74. The molecule has 0 aromatic heterocycles. The lowest BCUT2D eigenvalue weighted by Crippen LogP contribution is -2.06. The van der Waals surface area contributed by atoms with Gasteiger partial charge < -0.3 is 0 Å². The number of benzene rings is 1. The van der Waals surface area contributed by atoms with Crippen LogP contribution < -0.4 is 0 Å². The maximum atomic E-state index is 11.6. The number of carbonyl (C=O) groups excluding carboxylic acids is 1. The first kappa shape index (κ1) is 19.7. The van der Waals surface area contributed by atoms with E-state index in [-0.39, 0.29) is 0 Å². The molecule has 0 aliphatic carbocycles. The predicted molar refractivity (Wildman–Crippen MR) is 94.3 cm³/mol. The van der Waals surface area contributed by atoms with E-state index in [1.807, 2.05) is 6.07 Å². The van der Waals surface area contributed by atoms with Gasteiger partial charge in [-0.1, -0.05) is 89.3 Å². The maximum Gasteiger partial charge on any atom is 0.373 e. The molecule has 1 rings (SSSR count). The zero-order valence-electron chi connectivity index (χ0n) is 14.6. The topological polar surface area (TPSA) is 35.5 Å². The molecule has 130 valence electrons. The molecule has 0 amide bonds. The predicted octanol–water partition coefficient (Wildman–Crippen LogP) is 6.09. The molecule has 23 heavy (non-hydrogen) atoms. The van der Waals surface area contributed by atoms with Crippen molar-refractivity contribution in [1.82, 2.24) is 0 Å². The van der Waals surface area contributed by atoms with E-state index >= 15 is 0 Å². The van der Waals surface area contributed by atoms with Crippen molar-refractivity contribution < 1.29 is 14.6 Å². The standard InChI is InChI=1S/C20H32O3/c1-2-3-4-5-6-7-8-9-10-11-15-18-22-23-20(21)19-16-13-12-14-17-19/h12-14,16-17H,2-11,15,18H2,1H3. The molecule has 0 atom stereocenters. The quantitative estimate of drug-likeness (QED) is 0.236. The average Bonchev–Trinajstić information content (AvgIpc) is 2.59. The van der Waals surface area contributed by atoms with Crippen LogP contribution in [0.5, 0.6) is 0 Å². The van der Waals surface area contributed by atoms with Crippen molar-refractivity contribution in [1.29, 1.82) is 0 Å². The highest BCUT2D eigenvalue weighted by molar-refractivity contribution is 5.88. The Labute approximate surface area is 141 Å². The largest absolute Gasteiger partial charge is 0.373 e. The second-order valence-electron chi connectivity index (χ2n) is 6.09. The molecule has 0 aliphatic rings. The Morgan fingerprint density at radius 3 is 1.87 bits per heavy atom. The summed E-state index contributed by atoms with van der Waals surface area (Å²) in [5.41, 5.74) is 0.520. The van der Waals surface area contributed by atoms with Crippen LogP contribution in [0.1, 0.15) is 87.9 Å². The Bertz CT molecular complexity index is 389. The summed E-state index contributed by atoms with van der Waals surface area (Å²) in [5, 5.41) is 0. The molecular formula is C20H32O3. The van der Waals surface area contributed by atoms with Crippen LogP contribution in [-0.2, 0) is 9.78 Å². The molecule has 0 saturated carbocycles. The van der Waals surface area contributed by atoms with Crippen molar-refractivity contribution >= 4 is 5.97 Å². The van der Waals surface area contributed by atoms with Gasteiger partial charge in [-0.3, -0.25) is 4.89 Å². The van der Waals surface area contributed by atoms with Crippen molar-refractivity contribution in [3.8, 4) is 0 Å². The normalized spacial score (nSPS) is 10.7. The van der Waals surface area contributed by atoms with Crippen LogP contribution in [0.25, 0.3) is 0 Å². The Morgan fingerprint density at radius 1 is 0.783 bits per heavy atom. The van der Waals surface area contributed by atoms with E-state index in [1.54, 1.807) is 24.3 Å². The summed E-state index contributed by atoms with van der Waals surface area (Å²) in [5.74, 6) is -0.423. The number of rotatable bonds is 14. The average molecular weight is 320 g/mol. The molecular weight excluding hydrogens is 288 g/mol. The van der Waals surface area contributed by atoms with Crippen molar-refractivity contribution in [2.24, 2.45) is 0 Å². The third-order valence-corrected chi connectivity index (χ3v) is 3.98. The summed E-state index contributed by atoms with van der Waals surface area (Å²) < 4.78 is 0. The van der Waals surface area contributed by atoms with Gasteiger partial charge in [0.25, 0.3) is 0 Å². The van der Waals surface area contributed by atoms with Gasteiger partial charge in [-0.15, -0.1) is 0 Å². The van der Waals surface area contributed by atoms with Gasteiger partial charge in [-0.2, -0.15) is 4.89 Å². The molecule has 0 fully saturated rings. The summed E-state index contributed by atoms with van der Waals surface area (Å²) in [6, 6.07) is 8.91. The highest BCUT2D eigenvalue weighted by atomic mass is 17.2. The van der Waals surface area contributed by atoms with Crippen molar-refractivity contribution in [2.45, 2.75) is 77.6 Å². The summed E-state index contributed by atoms with van der Waals surface area (Å²) in [4.78, 5) is 21.4.